The van der Waals surface area contributed by atoms with Gasteiger partial charge in [-0.3, -0.25) is 0 Å². The molecule has 0 radical (unpaired) electrons. The Kier molecular flexibility index (Phi) is 6.93. The lowest BCUT2D eigenvalue weighted by atomic mass is 9.97. The van der Waals surface area contributed by atoms with Crippen LogP contribution in [0.15, 0.2) is 30.3 Å². The van der Waals surface area contributed by atoms with Crippen molar-refractivity contribution in [1.82, 2.24) is 0 Å². The third-order valence-electron chi connectivity index (χ3n) is 4.74. The van der Waals surface area contributed by atoms with Crippen LogP contribution in [0.1, 0.15) is 36.0 Å². The van der Waals surface area contributed by atoms with Gasteiger partial charge in [-0.25, -0.2) is 13.2 Å². The Hall–Kier alpha value is -2.09. The van der Waals surface area contributed by atoms with Crippen molar-refractivity contribution in [2.24, 2.45) is 0 Å². The molecule has 0 aromatic heterocycles. The fourth-order valence-corrected chi connectivity index (χ4v) is 3.12. The van der Waals surface area contributed by atoms with E-state index in [1.54, 1.807) is 19.1 Å². The molecule has 3 rings (SSSR count). The van der Waals surface area contributed by atoms with Gasteiger partial charge in [0.05, 0.1) is 19.8 Å². The minimum Gasteiger partial charge on any atom is -0.505 e. The molecular formula is C21H23F3O4. The molecule has 2 aromatic carbocycles. The lowest BCUT2D eigenvalue weighted by Gasteiger charge is -2.30. The number of benzene rings is 2. The Balaban J connectivity index is 1.55. The van der Waals surface area contributed by atoms with Gasteiger partial charge in [0.25, 0.3) is 0 Å². The van der Waals surface area contributed by atoms with Gasteiger partial charge >= 0.3 is 0 Å². The molecule has 0 bridgehead atoms. The Morgan fingerprint density at radius 2 is 1.82 bits per heavy atom. The van der Waals surface area contributed by atoms with Crippen molar-refractivity contribution in [3.63, 3.8) is 0 Å². The van der Waals surface area contributed by atoms with Gasteiger partial charge in [0.1, 0.15) is 0 Å². The molecule has 0 unspecified atom stereocenters. The normalized spacial score (nSPS) is 19.7. The Labute approximate surface area is 161 Å². The maximum Gasteiger partial charge on any atom is 0.165 e. The van der Waals surface area contributed by atoms with Crippen LogP contribution in [0.4, 0.5) is 13.2 Å². The van der Waals surface area contributed by atoms with E-state index in [-0.39, 0.29) is 30.9 Å². The van der Waals surface area contributed by atoms with Gasteiger partial charge in [-0.05, 0) is 36.6 Å². The molecule has 1 N–H and O–H groups in total. The summed E-state index contributed by atoms with van der Waals surface area (Å²) in [5.74, 6) is -3.26. The number of halogens is 3. The zero-order valence-corrected chi connectivity index (χ0v) is 15.6. The van der Waals surface area contributed by atoms with E-state index in [1.807, 2.05) is 0 Å². The summed E-state index contributed by atoms with van der Waals surface area (Å²) in [5.41, 5.74) is 1.11. The molecule has 152 valence electrons. The predicted octanol–water partition coefficient (Wildman–Crippen LogP) is 4.44. The third-order valence-corrected chi connectivity index (χ3v) is 4.74. The van der Waals surface area contributed by atoms with Gasteiger partial charge in [-0.2, -0.15) is 0 Å². The number of hydrogen-bond donors (Lipinski definition) is 1. The molecule has 0 atom stereocenters. The standard InChI is InChI=1S/C21H23F3O4/c1-2-26-10-14-5-6-16(21(24)20(14)23)15-11-27-19(28-12-15)8-4-13-3-7-18(25)17(22)9-13/h3,5-7,9,15,19,25H,2,4,8,10-12H2,1H3. The number of ether oxygens (including phenoxy) is 3. The van der Waals surface area contributed by atoms with Crippen LogP contribution in [0.25, 0.3) is 0 Å². The maximum absolute atomic E-state index is 14.4. The Morgan fingerprint density at radius 3 is 2.50 bits per heavy atom. The zero-order chi connectivity index (χ0) is 20.1. The second kappa shape index (κ2) is 9.41. The van der Waals surface area contributed by atoms with Gasteiger partial charge in [0.15, 0.2) is 29.5 Å². The van der Waals surface area contributed by atoms with Crippen molar-refractivity contribution in [2.45, 2.75) is 38.6 Å². The number of rotatable bonds is 7. The maximum atomic E-state index is 14.4. The first-order valence-corrected chi connectivity index (χ1v) is 9.24. The quantitative estimate of drug-likeness (QED) is 0.752. The summed E-state index contributed by atoms with van der Waals surface area (Å²) >= 11 is 0. The van der Waals surface area contributed by atoms with Crippen molar-refractivity contribution in [1.29, 1.82) is 0 Å². The molecule has 28 heavy (non-hydrogen) atoms. The van der Waals surface area contributed by atoms with E-state index in [2.05, 4.69) is 0 Å². The average Bonchev–Trinajstić information content (AvgIpc) is 2.70. The smallest absolute Gasteiger partial charge is 0.165 e. The summed E-state index contributed by atoms with van der Waals surface area (Å²) in [6.07, 6.45) is 0.487. The van der Waals surface area contributed by atoms with Crippen LogP contribution in [0, 0.1) is 17.5 Å². The summed E-state index contributed by atoms with van der Waals surface area (Å²) in [7, 11) is 0. The van der Waals surface area contributed by atoms with Crippen LogP contribution >= 0.6 is 0 Å². The van der Waals surface area contributed by atoms with Crippen LogP contribution in [-0.4, -0.2) is 31.2 Å². The fourth-order valence-electron chi connectivity index (χ4n) is 3.12. The number of aryl methyl sites for hydroxylation is 1. The topological polar surface area (TPSA) is 47.9 Å². The van der Waals surface area contributed by atoms with Crippen molar-refractivity contribution in [3.05, 3.63) is 64.5 Å². The summed E-state index contributed by atoms with van der Waals surface area (Å²) in [5, 5.41) is 9.21. The van der Waals surface area contributed by atoms with Crippen molar-refractivity contribution in [3.8, 4) is 5.75 Å². The van der Waals surface area contributed by atoms with Crippen molar-refractivity contribution < 1.29 is 32.5 Å². The average molecular weight is 396 g/mol. The second-order valence-electron chi connectivity index (χ2n) is 6.70. The van der Waals surface area contributed by atoms with E-state index in [1.165, 1.54) is 18.2 Å². The van der Waals surface area contributed by atoms with Crippen LogP contribution in [-0.2, 0) is 27.2 Å². The summed E-state index contributed by atoms with van der Waals surface area (Å²) in [6.45, 7) is 2.64. The minimum atomic E-state index is -0.901. The molecule has 1 saturated heterocycles. The zero-order valence-electron chi connectivity index (χ0n) is 15.6. The molecular weight excluding hydrogens is 373 g/mol. The molecule has 0 spiro atoms. The molecule has 0 saturated carbocycles. The Morgan fingerprint density at radius 1 is 1.07 bits per heavy atom. The van der Waals surface area contributed by atoms with Crippen LogP contribution in [0.5, 0.6) is 5.75 Å². The molecule has 1 aliphatic rings. The first-order chi connectivity index (χ1) is 13.5. The minimum absolute atomic E-state index is 0.0249. The van der Waals surface area contributed by atoms with Gasteiger partial charge in [0.2, 0.25) is 0 Å². The molecule has 1 fully saturated rings. The lowest BCUT2D eigenvalue weighted by Crippen LogP contribution is -2.31. The Bertz CT molecular complexity index is 804. The summed E-state index contributed by atoms with van der Waals surface area (Å²) in [6, 6.07) is 7.27. The molecule has 0 amide bonds. The van der Waals surface area contributed by atoms with Crippen LogP contribution < -0.4 is 0 Å². The SMILES string of the molecule is CCOCc1ccc(C2COC(CCc3ccc(O)c(F)c3)OC2)c(F)c1F. The molecule has 2 aromatic rings. The van der Waals surface area contributed by atoms with Gasteiger partial charge in [-0.1, -0.05) is 18.2 Å². The van der Waals surface area contributed by atoms with E-state index in [9.17, 15) is 18.3 Å². The first-order valence-electron chi connectivity index (χ1n) is 9.24. The van der Waals surface area contributed by atoms with E-state index in [0.717, 1.165) is 0 Å². The van der Waals surface area contributed by atoms with Crippen molar-refractivity contribution in [2.75, 3.05) is 19.8 Å². The highest BCUT2D eigenvalue weighted by molar-refractivity contribution is 5.29. The highest BCUT2D eigenvalue weighted by Gasteiger charge is 2.27. The van der Waals surface area contributed by atoms with Gasteiger partial charge in [-0.15, -0.1) is 0 Å². The van der Waals surface area contributed by atoms with E-state index in [0.29, 0.717) is 25.0 Å². The highest BCUT2D eigenvalue weighted by Crippen LogP contribution is 2.29. The summed E-state index contributed by atoms with van der Waals surface area (Å²) in [4.78, 5) is 0. The van der Waals surface area contributed by atoms with Gasteiger partial charge in [0, 0.05) is 24.5 Å². The molecule has 1 heterocycles. The first kappa shape index (κ1) is 20.6. The number of aromatic hydroxyl groups is 1. The largest absolute Gasteiger partial charge is 0.505 e. The van der Waals surface area contributed by atoms with E-state index in [4.69, 9.17) is 14.2 Å². The lowest BCUT2D eigenvalue weighted by molar-refractivity contribution is -0.189. The second-order valence-corrected chi connectivity index (χ2v) is 6.70. The predicted molar refractivity (Wildman–Crippen MR) is 96.5 cm³/mol. The van der Waals surface area contributed by atoms with Gasteiger partial charge < -0.3 is 19.3 Å². The fraction of sp³-hybridized carbons (Fsp3) is 0.429. The van der Waals surface area contributed by atoms with E-state index < -0.39 is 35.4 Å². The molecule has 7 heteroatoms. The summed E-state index contributed by atoms with van der Waals surface area (Å²) < 4.78 is 58.4. The highest BCUT2D eigenvalue weighted by atomic mass is 19.2. The van der Waals surface area contributed by atoms with Crippen LogP contribution in [0.2, 0.25) is 0 Å². The molecule has 4 nitrogen and oxygen atoms in total. The number of hydrogen-bond acceptors (Lipinski definition) is 4. The number of phenols is 1. The molecule has 1 aliphatic heterocycles. The van der Waals surface area contributed by atoms with Crippen molar-refractivity contribution >= 4 is 0 Å². The van der Waals surface area contributed by atoms with E-state index >= 15 is 0 Å². The number of phenolic OH excluding ortho intramolecular Hbond substituents is 1. The molecule has 0 aliphatic carbocycles. The van der Waals surface area contributed by atoms with Crippen LogP contribution in [0.3, 0.4) is 0 Å². The monoisotopic (exact) mass is 396 g/mol. The third kappa shape index (κ3) is 4.84.